The lowest BCUT2D eigenvalue weighted by Gasteiger charge is -2.20. The highest BCUT2D eigenvalue weighted by molar-refractivity contribution is 7.89. The van der Waals surface area contributed by atoms with Gasteiger partial charge in [0, 0.05) is 11.2 Å². The maximum absolute atomic E-state index is 12.2. The van der Waals surface area contributed by atoms with Crippen molar-refractivity contribution in [1.29, 1.82) is 0 Å². The van der Waals surface area contributed by atoms with Crippen LogP contribution in [0.5, 0.6) is 11.5 Å². The molecule has 0 spiro atoms. The molecule has 0 aliphatic carbocycles. The van der Waals surface area contributed by atoms with Crippen molar-refractivity contribution in [3.63, 3.8) is 0 Å². The van der Waals surface area contributed by atoms with Crippen LogP contribution in [0.3, 0.4) is 0 Å². The van der Waals surface area contributed by atoms with Crippen LogP contribution in [0, 0.1) is 0 Å². The Morgan fingerprint density at radius 2 is 1.52 bits per heavy atom. The molecule has 146 valence electrons. The molecule has 0 fully saturated rings. The van der Waals surface area contributed by atoms with Gasteiger partial charge in [0.25, 0.3) is 5.91 Å². The number of anilines is 1. The van der Waals surface area contributed by atoms with Crippen LogP contribution in [0.2, 0.25) is 0 Å². The Morgan fingerprint density at radius 1 is 0.963 bits per heavy atom. The minimum atomic E-state index is -3.61. The van der Waals surface area contributed by atoms with Crippen molar-refractivity contribution in [3.8, 4) is 11.5 Å². The molecule has 27 heavy (non-hydrogen) atoms. The molecule has 0 saturated carbocycles. The van der Waals surface area contributed by atoms with E-state index in [4.69, 9.17) is 9.47 Å². The van der Waals surface area contributed by atoms with Gasteiger partial charge in [-0.1, -0.05) is 0 Å². The first kappa shape index (κ1) is 20.7. The van der Waals surface area contributed by atoms with E-state index >= 15 is 0 Å². The van der Waals surface area contributed by atoms with Crippen LogP contribution in [0.1, 0.15) is 20.8 Å². The third-order valence-corrected chi connectivity index (χ3v) is 5.09. The van der Waals surface area contributed by atoms with Crippen LogP contribution in [0.4, 0.5) is 5.69 Å². The van der Waals surface area contributed by atoms with E-state index in [2.05, 4.69) is 10.0 Å². The Hall–Kier alpha value is -2.58. The maximum Gasteiger partial charge on any atom is 0.262 e. The monoisotopic (exact) mass is 392 g/mol. The van der Waals surface area contributed by atoms with Gasteiger partial charge in [0.05, 0.1) is 12.0 Å². The molecule has 0 aliphatic rings. The summed E-state index contributed by atoms with van der Waals surface area (Å²) in [4.78, 5) is 12.1. The van der Waals surface area contributed by atoms with Crippen LogP contribution in [0.25, 0.3) is 0 Å². The van der Waals surface area contributed by atoms with E-state index in [9.17, 15) is 13.2 Å². The lowest BCUT2D eigenvalue weighted by atomic mass is 10.1. The Bertz CT molecular complexity index is 870. The summed E-state index contributed by atoms with van der Waals surface area (Å²) in [5.41, 5.74) is 0.0483. The van der Waals surface area contributed by atoms with E-state index in [1.165, 1.54) is 24.3 Å². The highest BCUT2D eigenvalue weighted by Gasteiger charge is 2.21. The fourth-order valence-corrected chi connectivity index (χ4v) is 3.62. The second kappa shape index (κ2) is 8.41. The number of methoxy groups -OCH3 is 1. The van der Waals surface area contributed by atoms with Gasteiger partial charge < -0.3 is 14.8 Å². The summed E-state index contributed by atoms with van der Waals surface area (Å²) in [6.07, 6.45) is 0. The molecule has 0 heterocycles. The van der Waals surface area contributed by atoms with Gasteiger partial charge in [-0.2, -0.15) is 0 Å². The number of rotatable bonds is 7. The van der Waals surface area contributed by atoms with Gasteiger partial charge in [-0.15, -0.1) is 0 Å². The van der Waals surface area contributed by atoms with Crippen molar-refractivity contribution >= 4 is 21.6 Å². The summed E-state index contributed by atoms with van der Waals surface area (Å²) in [6, 6.07) is 12.8. The van der Waals surface area contributed by atoms with Gasteiger partial charge in [0.15, 0.2) is 6.61 Å². The number of benzene rings is 2. The number of carbonyl (C=O) groups is 1. The van der Waals surface area contributed by atoms with Crippen molar-refractivity contribution in [3.05, 3.63) is 48.5 Å². The zero-order valence-electron chi connectivity index (χ0n) is 15.8. The SMILES string of the molecule is COc1ccc(NC(=O)COc2ccc(S(=O)(=O)NC(C)(C)C)cc2)cc1. The third-order valence-electron chi connectivity index (χ3n) is 3.32. The zero-order chi connectivity index (χ0) is 20.1. The second-order valence-electron chi connectivity index (χ2n) is 6.89. The molecule has 7 nitrogen and oxygen atoms in total. The Morgan fingerprint density at radius 3 is 2.04 bits per heavy atom. The minimum absolute atomic E-state index is 0.132. The van der Waals surface area contributed by atoms with Crippen molar-refractivity contribution in [2.24, 2.45) is 0 Å². The summed E-state index contributed by atoms with van der Waals surface area (Å²) >= 11 is 0. The molecule has 1 amide bonds. The Balaban J connectivity index is 1.91. The molecule has 0 atom stereocenters. The summed E-state index contributed by atoms with van der Waals surface area (Å²) in [5, 5.41) is 2.70. The first-order valence-electron chi connectivity index (χ1n) is 8.30. The summed E-state index contributed by atoms with van der Waals surface area (Å²) in [6.45, 7) is 5.11. The van der Waals surface area contributed by atoms with Crippen LogP contribution >= 0.6 is 0 Å². The predicted octanol–water partition coefficient (Wildman–Crippen LogP) is 2.79. The van der Waals surface area contributed by atoms with E-state index in [1.807, 2.05) is 0 Å². The lowest BCUT2D eigenvalue weighted by molar-refractivity contribution is -0.118. The predicted molar refractivity (Wildman–Crippen MR) is 104 cm³/mol. The van der Waals surface area contributed by atoms with Crippen molar-refractivity contribution < 1.29 is 22.7 Å². The number of ether oxygens (including phenoxy) is 2. The molecule has 0 aliphatic heterocycles. The number of hydrogen-bond acceptors (Lipinski definition) is 5. The Labute approximate surface area is 159 Å². The van der Waals surface area contributed by atoms with Gasteiger partial charge in [-0.3, -0.25) is 4.79 Å². The number of sulfonamides is 1. The number of carbonyl (C=O) groups excluding carboxylic acids is 1. The maximum atomic E-state index is 12.2. The molecular formula is C19H24N2O5S. The second-order valence-corrected chi connectivity index (χ2v) is 8.57. The molecule has 0 unspecified atom stereocenters. The van der Waals surface area contributed by atoms with Gasteiger partial charge in [-0.25, -0.2) is 13.1 Å². The topological polar surface area (TPSA) is 93.7 Å². The van der Waals surface area contributed by atoms with Gasteiger partial charge in [-0.05, 0) is 69.3 Å². The first-order chi connectivity index (χ1) is 12.6. The molecule has 0 radical (unpaired) electrons. The standard InChI is InChI=1S/C19H24N2O5S/c1-19(2,3)21-27(23,24)17-11-9-16(10-12-17)26-13-18(22)20-14-5-7-15(25-4)8-6-14/h5-12,21H,13H2,1-4H3,(H,20,22). The quantitative estimate of drug-likeness (QED) is 0.756. The van der Waals surface area contributed by atoms with E-state index in [0.717, 1.165) is 0 Å². The number of hydrogen-bond donors (Lipinski definition) is 2. The molecule has 0 aromatic heterocycles. The van der Waals surface area contributed by atoms with Crippen LogP contribution < -0.4 is 19.5 Å². The Kier molecular flexibility index (Phi) is 6.45. The molecular weight excluding hydrogens is 368 g/mol. The zero-order valence-corrected chi connectivity index (χ0v) is 16.6. The van der Waals surface area contributed by atoms with Crippen LogP contribution in [0.15, 0.2) is 53.4 Å². The number of nitrogens with one attached hydrogen (secondary N) is 2. The lowest BCUT2D eigenvalue weighted by Crippen LogP contribution is -2.40. The van der Waals surface area contributed by atoms with E-state index in [0.29, 0.717) is 17.2 Å². The average Bonchev–Trinajstić information content (AvgIpc) is 2.59. The van der Waals surface area contributed by atoms with Gasteiger partial charge in [0.2, 0.25) is 10.0 Å². The first-order valence-corrected chi connectivity index (χ1v) is 9.78. The third kappa shape index (κ3) is 6.58. The van der Waals surface area contributed by atoms with Crippen molar-refractivity contribution in [2.45, 2.75) is 31.2 Å². The number of amides is 1. The van der Waals surface area contributed by atoms with E-state index in [1.54, 1.807) is 52.1 Å². The molecule has 0 saturated heterocycles. The molecule has 8 heteroatoms. The fraction of sp³-hybridized carbons (Fsp3) is 0.316. The van der Waals surface area contributed by atoms with Gasteiger partial charge in [0.1, 0.15) is 11.5 Å². The van der Waals surface area contributed by atoms with Gasteiger partial charge >= 0.3 is 0 Å². The molecule has 2 aromatic carbocycles. The molecule has 2 N–H and O–H groups in total. The van der Waals surface area contributed by atoms with E-state index in [-0.39, 0.29) is 17.4 Å². The highest BCUT2D eigenvalue weighted by Crippen LogP contribution is 2.18. The summed E-state index contributed by atoms with van der Waals surface area (Å²) in [7, 11) is -2.04. The average molecular weight is 392 g/mol. The van der Waals surface area contributed by atoms with Crippen LogP contribution in [-0.4, -0.2) is 33.6 Å². The minimum Gasteiger partial charge on any atom is -0.497 e. The largest absolute Gasteiger partial charge is 0.497 e. The van der Waals surface area contributed by atoms with Crippen LogP contribution in [-0.2, 0) is 14.8 Å². The highest BCUT2D eigenvalue weighted by atomic mass is 32.2. The van der Waals surface area contributed by atoms with E-state index < -0.39 is 15.6 Å². The summed E-state index contributed by atoms with van der Waals surface area (Å²) in [5.74, 6) is 0.765. The normalized spacial score (nSPS) is 11.7. The molecule has 2 aromatic rings. The smallest absolute Gasteiger partial charge is 0.262 e. The summed E-state index contributed by atoms with van der Waals surface area (Å²) < 4.78 is 37.5. The molecule has 0 bridgehead atoms. The van der Waals surface area contributed by atoms with Crippen molar-refractivity contribution in [2.75, 3.05) is 19.0 Å². The van der Waals surface area contributed by atoms with Crippen molar-refractivity contribution in [1.82, 2.24) is 4.72 Å². The molecule has 2 rings (SSSR count). The fourth-order valence-electron chi connectivity index (χ4n) is 2.20.